The highest BCUT2D eigenvalue weighted by atomic mass is 16.5. The normalized spacial score (nSPS) is 10.3. The third-order valence-electron chi connectivity index (χ3n) is 2.31. The minimum atomic E-state index is -0.213. The zero-order valence-electron chi connectivity index (χ0n) is 8.99. The molecule has 0 spiro atoms. The second kappa shape index (κ2) is 4.65. The van der Waals surface area contributed by atoms with Crippen molar-refractivity contribution < 1.29 is 9.53 Å². The summed E-state index contributed by atoms with van der Waals surface area (Å²) in [7, 11) is 1.39. The summed E-state index contributed by atoms with van der Waals surface area (Å²) >= 11 is 0. The molecule has 0 unspecified atom stereocenters. The van der Waals surface area contributed by atoms with Crippen LogP contribution in [0.15, 0.2) is 24.5 Å². The van der Waals surface area contributed by atoms with Crippen LogP contribution in [0.1, 0.15) is 6.42 Å². The summed E-state index contributed by atoms with van der Waals surface area (Å²) in [4.78, 5) is 18.0. The minimum Gasteiger partial charge on any atom is -0.469 e. The number of nitrogens with zero attached hydrogens (tertiary/aromatic N) is 1. The topological polar surface area (TPSA) is 67.0 Å². The maximum absolute atomic E-state index is 10.9. The van der Waals surface area contributed by atoms with Gasteiger partial charge in [0, 0.05) is 12.2 Å². The molecular formula is C11H13N3O2. The number of ether oxygens (including phenoxy) is 1. The summed E-state index contributed by atoms with van der Waals surface area (Å²) < 4.78 is 4.55. The molecular weight excluding hydrogens is 206 g/mol. The number of fused-ring (bicyclic) bond motifs is 1. The Balaban J connectivity index is 1.96. The standard InChI is InChI=1S/C11H13N3O2/c1-16-11(15)4-5-12-8-2-3-9-10(6-8)14-7-13-9/h2-3,6-7,12H,4-5H2,1H3,(H,13,14). The van der Waals surface area contributed by atoms with E-state index in [-0.39, 0.29) is 5.97 Å². The van der Waals surface area contributed by atoms with Gasteiger partial charge in [0.2, 0.25) is 0 Å². The van der Waals surface area contributed by atoms with Crippen LogP contribution in [-0.4, -0.2) is 29.6 Å². The van der Waals surface area contributed by atoms with E-state index in [2.05, 4.69) is 20.0 Å². The molecule has 5 heteroatoms. The van der Waals surface area contributed by atoms with Gasteiger partial charge in [0.15, 0.2) is 0 Å². The first-order valence-corrected chi connectivity index (χ1v) is 5.03. The van der Waals surface area contributed by atoms with Crippen LogP contribution < -0.4 is 5.32 Å². The predicted octanol–water partition coefficient (Wildman–Crippen LogP) is 1.54. The fraction of sp³-hybridized carbons (Fsp3) is 0.273. The smallest absolute Gasteiger partial charge is 0.307 e. The van der Waals surface area contributed by atoms with E-state index in [0.29, 0.717) is 13.0 Å². The Morgan fingerprint density at radius 3 is 3.25 bits per heavy atom. The van der Waals surface area contributed by atoms with Gasteiger partial charge in [-0.2, -0.15) is 0 Å². The predicted molar refractivity (Wildman–Crippen MR) is 61.2 cm³/mol. The second-order valence-corrected chi connectivity index (χ2v) is 3.39. The van der Waals surface area contributed by atoms with E-state index >= 15 is 0 Å². The number of imidazole rings is 1. The van der Waals surface area contributed by atoms with Crippen molar-refractivity contribution in [3.8, 4) is 0 Å². The molecule has 2 aromatic rings. The Bertz CT molecular complexity index is 493. The average molecular weight is 219 g/mol. The molecule has 0 amide bonds. The van der Waals surface area contributed by atoms with Gasteiger partial charge >= 0.3 is 5.97 Å². The highest BCUT2D eigenvalue weighted by Crippen LogP contribution is 2.15. The van der Waals surface area contributed by atoms with Gasteiger partial charge < -0.3 is 15.0 Å². The lowest BCUT2D eigenvalue weighted by molar-refractivity contribution is -0.140. The summed E-state index contributed by atoms with van der Waals surface area (Å²) in [6, 6.07) is 5.81. The number of hydrogen-bond acceptors (Lipinski definition) is 4. The largest absolute Gasteiger partial charge is 0.469 e. The number of H-pyrrole nitrogens is 1. The summed E-state index contributed by atoms with van der Waals surface area (Å²) in [6.45, 7) is 0.562. The summed E-state index contributed by atoms with van der Waals surface area (Å²) in [5.74, 6) is -0.213. The molecule has 16 heavy (non-hydrogen) atoms. The van der Waals surface area contributed by atoms with Crippen LogP contribution in [-0.2, 0) is 9.53 Å². The van der Waals surface area contributed by atoms with Gasteiger partial charge in [-0.3, -0.25) is 4.79 Å². The van der Waals surface area contributed by atoms with Crippen LogP contribution in [0.4, 0.5) is 5.69 Å². The molecule has 0 aliphatic rings. The second-order valence-electron chi connectivity index (χ2n) is 3.39. The van der Waals surface area contributed by atoms with Crippen molar-refractivity contribution in [3.05, 3.63) is 24.5 Å². The molecule has 0 fully saturated rings. The van der Waals surface area contributed by atoms with Crippen LogP contribution in [0.2, 0.25) is 0 Å². The van der Waals surface area contributed by atoms with Crippen molar-refractivity contribution in [2.45, 2.75) is 6.42 Å². The van der Waals surface area contributed by atoms with Gasteiger partial charge in [-0.25, -0.2) is 4.98 Å². The Kier molecular flexibility index (Phi) is 3.05. The number of carbonyl (C=O) groups excluding carboxylic acids is 1. The average Bonchev–Trinajstić information content (AvgIpc) is 2.76. The van der Waals surface area contributed by atoms with E-state index in [9.17, 15) is 4.79 Å². The molecule has 0 saturated carbocycles. The number of benzene rings is 1. The number of carbonyl (C=O) groups is 1. The van der Waals surface area contributed by atoms with Crippen LogP contribution in [0.5, 0.6) is 0 Å². The van der Waals surface area contributed by atoms with Gasteiger partial charge in [-0.05, 0) is 18.2 Å². The maximum Gasteiger partial charge on any atom is 0.307 e. The Morgan fingerprint density at radius 2 is 2.44 bits per heavy atom. The lowest BCUT2D eigenvalue weighted by Crippen LogP contribution is -2.09. The molecule has 5 nitrogen and oxygen atoms in total. The Morgan fingerprint density at radius 1 is 1.56 bits per heavy atom. The minimum absolute atomic E-state index is 0.213. The lowest BCUT2D eigenvalue weighted by Gasteiger charge is -2.05. The zero-order chi connectivity index (χ0) is 11.4. The number of nitrogens with one attached hydrogen (secondary N) is 2. The Hall–Kier alpha value is -2.04. The molecule has 84 valence electrons. The third-order valence-corrected chi connectivity index (χ3v) is 2.31. The molecule has 1 aromatic heterocycles. The van der Waals surface area contributed by atoms with E-state index in [1.807, 2.05) is 18.2 Å². The van der Waals surface area contributed by atoms with Gasteiger partial charge in [0.25, 0.3) is 0 Å². The third kappa shape index (κ3) is 2.31. The molecule has 0 atom stereocenters. The molecule has 0 aliphatic carbocycles. The van der Waals surface area contributed by atoms with Gasteiger partial charge in [0.05, 0.1) is 30.9 Å². The number of anilines is 1. The molecule has 1 aromatic carbocycles. The van der Waals surface area contributed by atoms with E-state index in [1.54, 1.807) is 6.33 Å². The molecule has 2 N–H and O–H groups in total. The SMILES string of the molecule is COC(=O)CCNc1ccc2nc[nH]c2c1. The van der Waals surface area contributed by atoms with E-state index in [1.165, 1.54) is 7.11 Å². The van der Waals surface area contributed by atoms with Crippen LogP contribution in [0, 0.1) is 0 Å². The van der Waals surface area contributed by atoms with E-state index in [4.69, 9.17) is 0 Å². The first-order valence-electron chi connectivity index (χ1n) is 5.03. The highest BCUT2D eigenvalue weighted by molar-refractivity contribution is 5.78. The van der Waals surface area contributed by atoms with Crippen molar-refractivity contribution in [1.29, 1.82) is 0 Å². The first kappa shape index (κ1) is 10.5. The molecule has 0 saturated heterocycles. The highest BCUT2D eigenvalue weighted by Gasteiger charge is 2.00. The van der Waals surface area contributed by atoms with Crippen molar-refractivity contribution in [2.75, 3.05) is 19.0 Å². The molecule has 0 radical (unpaired) electrons. The number of aromatic nitrogens is 2. The van der Waals surface area contributed by atoms with Crippen molar-refractivity contribution in [1.82, 2.24) is 9.97 Å². The summed E-state index contributed by atoms with van der Waals surface area (Å²) in [5, 5.41) is 3.14. The number of methoxy groups -OCH3 is 1. The molecule has 2 rings (SSSR count). The van der Waals surface area contributed by atoms with Crippen LogP contribution >= 0.6 is 0 Å². The monoisotopic (exact) mass is 219 g/mol. The van der Waals surface area contributed by atoms with E-state index in [0.717, 1.165) is 16.7 Å². The van der Waals surface area contributed by atoms with Crippen molar-refractivity contribution in [2.24, 2.45) is 0 Å². The first-order chi connectivity index (χ1) is 7.79. The quantitative estimate of drug-likeness (QED) is 0.765. The van der Waals surface area contributed by atoms with Gasteiger partial charge in [-0.15, -0.1) is 0 Å². The lowest BCUT2D eigenvalue weighted by atomic mass is 10.2. The molecule has 0 aliphatic heterocycles. The van der Waals surface area contributed by atoms with Crippen molar-refractivity contribution in [3.63, 3.8) is 0 Å². The van der Waals surface area contributed by atoms with Crippen molar-refractivity contribution >= 4 is 22.7 Å². The number of hydrogen-bond donors (Lipinski definition) is 2. The molecule has 0 bridgehead atoms. The molecule has 1 heterocycles. The fourth-order valence-corrected chi connectivity index (χ4v) is 1.46. The Labute approximate surface area is 92.8 Å². The zero-order valence-corrected chi connectivity index (χ0v) is 8.99. The van der Waals surface area contributed by atoms with Crippen LogP contribution in [0.25, 0.3) is 11.0 Å². The maximum atomic E-state index is 10.9. The summed E-state index contributed by atoms with van der Waals surface area (Å²) in [5.41, 5.74) is 2.86. The summed E-state index contributed by atoms with van der Waals surface area (Å²) in [6.07, 6.45) is 2.01. The number of esters is 1. The number of aromatic amines is 1. The van der Waals surface area contributed by atoms with Gasteiger partial charge in [0.1, 0.15) is 0 Å². The van der Waals surface area contributed by atoms with Crippen LogP contribution in [0.3, 0.4) is 0 Å². The van der Waals surface area contributed by atoms with Gasteiger partial charge in [-0.1, -0.05) is 0 Å². The van der Waals surface area contributed by atoms with E-state index < -0.39 is 0 Å². The number of rotatable bonds is 4. The fourth-order valence-electron chi connectivity index (χ4n) is 1.46.